The van der Waals surface area contributed by atoms with Crippen molar-refractivity contribution >= 4 is 45.8 Å². The summed E-state index contributed by atoms with van der Waals surface area (Å²) in [5.74, 6) is 1.01. The predicted octanol–water partition coefficient (Wildman–Crippen LogP) is 8.33. The molecule has 0 spiro atoms. The van der Waals surface area contributed by atoms with Crippen LogP contribution in [-0.4, -0.2) is 100 Å². The van der Waals surface area contributed by atoms with Crippen molar-refractivity contribution in [3.05, 3.63) is 107 Å². The molecule has 4 aromatic carbocycles. The van der Waals surface area contributed by atoms with Crippen molar-refractivity contribution in [3.63, 3.8) is 0 Å². The Hall–Kier alpha value is -6.74. The third kappa shape index (κ3) is 8.36. The number of H-pyrrole nitrogens is 2. The number of fused-ring (bicyclic) bond motifs is 4. The van der Waals surface area contributed by atoms with Gasteiger partial charge in [0.15, 0.2) is 0 Å². The highest BCUT2D eigenvalue weighted by molar-refractivity contribution is 6.05. The molecule has 2 aliphatic heterocycles. The summed E-state index contributed by atoms with van der Waals surface area (Å²) in [4.78, 5) is 74.0. The quantitative estimate of drug-likeness (QED) is 0.0938. The highest BCUT2D eigenvalue weighted by Crippen LogP contribution is 2.43. The summed E-state index contributed by atoms with van der Waals surface area (Å²) in [5, 5.41) is 7.60. The van der Waals surface area contributed by atoms with Crippen molar-refractivity contribution in [3.8, 4) is 22.4 Å². The smallest absolute Gasteiger partial charge is 0.407 e. The van der Waals surface area contributed by atoms with Crippen molar-refractivity contribution in [1.29, 1.82) is 0 Å². The second-order valence-electron chi connectivity index (χ2n) is 18.3. The molecule has 6 atom stereocenters. The molecule has 0 radical (unpaired) electrons. The maximum atomic E-state index is 14.4. The van der Waals surface area contributed by atoms with E-state index in [1.165, 1.54) is 30.9 Å². The summed E-state index contributed by atoms with van der Waals surface area (Å²) in [7, 11) is 4.25. The summed E-state index contributed by atoms with van der Waals surface area (Å²) in [5.41, 5.74) is 9.38. The molecule has 1 aliphatic carbocycles. The van der Waals surface area contributed by atoms with Gasteiger partial charge < -0.3 is 44.6 Å². The van der Waals surface area contributed by atoms with Crippen molar-refractivity contribution in [2.24, 2.45) is 11.8 Å². The zero-order valence-electron chi connectivity index (χ0n) is 38.4. The van der Waals surface area contributed by atoms with Gasteiger partial charge in [0.05, 0.1) is 55.8 Å². The van der Waals surface area contributed by atoms with Gasteiger partial charge >= 0.3 is 12.2 Å². The molecule has 2 unspecified atom stereocenters. The fourth-order valence-corrected chi connectivity index (χ4v) is 10.6. The minimum Gasteiger partial charge on any atom is -0.453 e. The fourth-order valence-electron chi connectivity index (χ4n) is 10.6. The number of benzene rings is 4. The molecule has 4 N–H and O–H groups in total. The highest BCUT2D eigenvalue weighted by Gasteiger charge is 2.43. The van der Waals surface area contributed by atoms with Gasteiger partial charge in [0.2, 0.25) is 5.91 Å². The lowest BCUT2D eigenvalue weighted by molar-refractivity contribution is -0.137. The number of methoxy groups -OCH3 is 3. The highest BCUT2D eigenvalue weighted by atomic mass is 16.5. The number of amides is 4. The first-order valence-corrected chi connectivity index (χ1v) is 23.0. The third-order valence-corrected chi connectivity index (χ3v) is 13.8. The van der Waals surface area contributed by atoms with Crippen LogP contribution in [0.4, 0.5) is 9.59 Å². The molecule has 2 saturated heterocycles. The maximum Gasteiger partial charge on any atom is 0.407 e. The molecule has 0 bridgehead atoms. The number of nitrogens with one attached hydrogen (secondary N) is 4. The van der Waals surface area contributed by atoms with Gasteiger partial charge in [0.25, 0.3) is 5.91 Å². The molecule has 0 saturated carbocycles. The topological polar surface area (TPSA) is 184 Å². The number of alkyl carbamates (subject to hydrolysis) is 2. The summed E-state index contributed by atoms with van der Waals surface area (Å²) in [6.45, 7) is 6.83. The number of imidazole rings is 2. The number of likely N-dealkylation sites (tertiary alicyclic amines) is 2. The molecule has 15 nitrogen and oxygen atoms in total. The number of hydrogen-bond donors (Lipinski definition) is 4. The zero-order chi connectivity index (χ0) is 46.2. The SMILES string of the molecule is COC[C@H]1CC(c2ncc(-c3ccc(-c4ccc5c(ccc6[nH]c(C7CC[C@H](C)N7C(=O)[C@@H](NC(=O)OC)C(C)C)nc65)c4)c4c3CCC4)[nH]2)N(C(=O)[C@H](NC(=O)OC)c2ccccc2)C1. The number of carbonyl (C=O) groups is 4. The van der Waals surface area contributed by atoms with E-state index in [1.54, 1.807) is 7.11 Å². The van der Waals surface area contributed by atoms with Crippen LogP contribution in [-0.2, 0) is 36.6 Å². The Morgan fingerprint density at radius 3 is 2.30 bits per heavy atom. The van der Waals surface area contributed by atoms with E-state index in [-0.39, 0.29) is 41.8 Å². The molecule has 3 aliphatic rings. The van der Waals surface area contributed by atoms with Crippen LogP contribution in [0.1, 0.15) is 92.9 Å². The molecule has 9 rings (SSSR count). The molecule has 2 aromatic heterocycles. The van der Waals surface area contributed by atoms with Gasteiger partial charge in [0.1, 0.15) is 23.7 Å². The van der Waals surface area contributed by atoms with Gasteiger partial charge in [-0.05, 0) is 96.7 Å². The number of aromatic nitrogens is 4. The van der Waals surface area contributed by atoms with Crippen LogP contribution >= 0.6 is 0 Å². The second-order valence-corrected chi connectivity index (χ2v) is 18.3. The number of rotatable bonds is 12. The Kier molecular flexibility index (Phi) is 12.5. The van der Waals surface area contributed by atoms with Crippen molar-refractivity contribution < 1.29 is 33.4 Å². The van der Waals surface area contributed by atoms with Gasteiger partial charge in [-0.25, -0.2) is 19.6 Å². The molecule has 4 heterocycles. The first kappa shape index (κ1) is 44.5. The normalized spacial score (nSPS) is 20.2. The third-order valence-electron chi connectivity index (χ3n) is 13.8. The van der Waals surface area contributed by atoms with E-state index in [2.05, 4.69) is 63.1 Å². The van der Waals surface area contributed by atoms with E-state index in [0.717, 1.165) is 76.6 Å². The molecule has 2 fully saturated rings. The van der Waals surface area contributed by atoms with Crippen molar-refractivity contribution in [2.45, 2.75) is 89.5 Å². The molecule has 344 valence electrons. The van der Waals surface area contributed by atoms with E-state index in [9.17, 15) is 19.2 Å². The van der Waals surface area contributed by atoms with Gasteiger partial charge in [-0.15, -0.1) is 0 Å². The summed E-state index contributed by atoms with van der Waals surface area (Å²) < 4.78 is 15.3. The Bertz CT molecular complexity index is 2780. The van der Waals surface area contributed by atoms with Crippen molar-refractivity contribution in [1.82, 2.24) is 40.4 Å². The van der Waals surface area contributed by atoms with Gasteiger partial charge in [0, 0.05) is 36.6 Å². The van der Waals surface area contributed by atoms with E-state index in [4.69, 9.17) is 24.2 Å². The lowest BCUT2D eigenvalue weighted by Crippen LogP contribution is -2.52. The van der Waals surface area contributed by atoms with Crippen LogP contribution in [0.15, 0.2) is 79.0 Å². The van der Waals surface area contributed by atoms with Crippen LogP contribution < -0.4 is 10.6 Å². The first-order valence-electron chi connectivity index (χ1n) is 23.0. The largest absolute Gasteiger partial charge is 0.453 e. The van der Waals surface area contributed by atoms with Crippen molar-refractivity contribution in [2.75, 3.05) is 34.5 Å². The second kappa shape index (κ2) is 18.6. The predicted molar refractivity (Wildman–Crippen MR) is 250 cm³/mol. The number of aromatic amines is 2. The van der Waals surface area contributed by atoms with Gasteiger partial charge in [-0.1, -0.05) is 74.5 Å². The van der Waals surface area contributed by atoms with Crippen LogP contribution in [0.3, 0.4) is 0 Å². The summed E-state index contributed by atoms with van der Waals surface area (Å²) in [6, 6.07) is 22.1. The number of carbonyl (C=O) groups excluding carboxylic acids is 4. The average Bonchev–Trinajstić information content (AvgIpc) is 4.19. The maximum absolute atomic E-state index is 14.4. The monoisotopic (exact) mass is 894 g/mol. The fraction of sp³-hybridized carbons (Fsp3) is 0.412. The zero-order valence-corrected chi connectivity index (χ0v) is 38.4. The van der Waals surface area contributed by atoms with Crippen LogP contribution in [0, 0.1) is 11.8 Å². The molecule has 66 heavy (non-hydrogen) atoms. The minimum absolute atomic E-state index is 0.0159. The van der Waals surface area contributed by atoms with Gasteiger partial charge in [-0.2, -0.15) is 0 Å². The van der Waals surface area contributed by atoms with Crippen LogP contribution in [0.2, 0.25) is 0 Å². The Labute approximate surface area is 384 Å². The Morgan fingerprint density at radius 2 is 1.56 bits per heavy atom. The average molecular weight is 895 g/mol. The Morgan fingerprint density at radius 1 is 0.818 bits per heavy atom. The summed E-state index contributed by atoms with van der Waals surface area (Å²) in [6.07, 6.45) is 5.75. The van der Waals surface area contributed by atoms with E-state index in [1.807, 2.05) is 67.1 Å². The lowest BCUT2D eigenvalue weighted by Gasteiger charge is -2.32. The molecular weight excluding hydrogens is 837 g/mol. The molecule has 6 aromatic rings. The number of nitrogens with zero attached hydrogens (tertiary/aromatic N) is 4. The Balaban J connectivity index is 0.986. The number of hydrogen-bond acceptors (Lipinski definition) is 9. The van der Waals surface area contributed by atoms with E-state index in [0.29, 0.717) is 31.0 Å². The number of ether oxygens (including phenoxy) is 3. The first-order chi connectivity index (χ1) is 32.0. The van der Waals surface area contributed by atoms with Crippen LogP contribution in [0.25, 0.3) is 44.2 Å². The molecule has 15 heteroatoms. The summed E-state index contributed by atoms with van der Waals surface area (Å²) >= 11 is 0. The van der Waals surface area contributed by atoms with E-state index >= 15 is 0 Å². The molecular formula is C51H58N8O7. The molecule has 4 amide bonds. The lowest BCUT2D eigenvalue weighted by atomic mass is 9.91. The minimum atomic E-state index is -0.934. The standard InChI is InChI=1S/C51H58N8O7/c1-28(2)43(56-50(62)65-5)49(61)59-29(3)15-22-41(59)47-53-39-21-17-33-24-32(16-18-35(33)45(39)55-47)34-19-20-38(37-14-10-13-36(34)37)40-25-52-46(54-40)42-23-30(27-64-4)26-58(42)48(60)44(57-51(63)66-6)31-11-8-7-9-12-31/h7-9,11-12,16-21,24-25,28-30,41-44H,10,13-15,22-23,26-27H2,1-6H3,(H,52,54)(H,53,55)(H,56,62)(H,57,63)/t29-,30-,41?,42?,43-,44+/m0/s1. The van der Waals surface area contributed by atoms with E-state index < -0.39 is 24.3 Å². The van der Waals surface area contributed by atoms with Crippen LogP contribution in [0.5, 0.6) is 0 Å². The van der Waals surface area contributed by atoms with Gasteiger partial charge in [-0.3, -0.25) is 9.59 Å².